The molecule has 4 nitrogen and oxygen atoms in total. The Hall–Kier alpha value is -1.56. The number of nitrogen functional groups attached to an aromatic ring is 1. The molecule has 1 aromatic heterocycles. The van der Waals surface area contributed by atoms with Crippen LogP contribution >= 0.6 is 15.9 Å². The highest BCUT2D eigenvalue weighted by Crippen LogP contribution is 2.26. The molecular formula is C11H12BrFN4. The van der Waals surface area contributed by atoms with E-state index in [1.165, 1.54) is 6.07 Å². The Balaban J connectivity index is 2.14. The van der Waals surface area contributed by atoms with E-state index in [4.69, 9.17) is 5.73 Å². The summed E-state index contributed by atoms with van der Waals surface area (Å²) in [6.07, 6.45) is 3.59. The van der Waals surface area contributed by atoms with Gasteiger partial charge < -0.3 is 15.6 Å². The van der Waals surface area contributed by atoms with E-state index < -0.39 is 0 Å². The van der Waals surface area contributed by atoms with E-state index in [1.54, 1.807) is 12.3 Å². The molecule has 2 rings (SSSR count). The number of benzene rings is 1. The van der Waals surface area contributed by atoms with Crippen molar-refractivity contribution in [3.05, 3.63) is 40.6 Å². The van der Waals surface area contributed by atoms with E-state index in [0.717, 1.165) is 5.82 Å². The minimum atomic E-state index is -0.370. The quantitative estimate of drug-likeness (QED) is 0.856. The third-order valence-electron chi connectivity index (χ3n) is 2.45. The molecule has 0 aliphatic carbocycles. The van der Waals surface area contributed by atoms with Gasteiger partial charge in [-0.05, 0) is 22.0 Å². The number of hydrogen-bond donors (Lipinski definition) is 2. The smallest absolute Gasteiger partial charge is 0.139 e. The van der Waals surface area contributed by atoms with Crippen molar-refractivity contribution in [3.8, 4) is 0 Å². The molecule has 0 saturated carbocycles. The molecule has 0 unspecified atom stereocenters. The predicted molar refractivity (Wildman–Crippen MR) is 69.0 cm³/mol. The summed E-state index contributed by atoms with van der Waals surface area (Å²) in [6.45, 7) is 0.534. The van der Waals surface area contributed by atoms with E-state index in [1.807, 2.05) is 17.8 Å². The van der Waals surface area contributed by atoms with Crippen molar-refractivity contribution < 1.29 is 4.39 Å². The van der Waals surface area contributed by atoms with Crippen LogP contribution in [0.2, 0.25) is 0 Å². The van der Waals surface area contributed by atoms with Crippen molar-refractivity contribution in [2.24, 2.45) is 7.05 Å². The van der Waals surface area contributed by atoms with Gasteiger partial charge in [-0.3, -0.25) is 0 Å². The molecule has 6 heteroatoms. The van der Waals surface area contributed by atoms with Gasteiger partial charge in [0.25, 0.3) is 0 Å². The minimum absolute atomic E-state index is 0.370. The second kappa shape index (κ2) is 4.75. The Morgan fingerprint density at radius 1 is 1.53 bits per heavy atom. The Kier molecular flexibility index (Phi) is 3.33. The molecule has 1 heterocycles. The third kappa shape index (κ3) is 2.58. The van der Waals surface area contributed by atoms with Crippen LogP contribution in [0.3, 0.4) is 0 Å². The van der Waals surface area contributed by atoms with Gasteiger partial charge in [-0.15, -0.1) is 0 Å². The lowest BCUT2D eigenvalue weighted by atomic mass is 10.2. The Labute approximate surface area is 107 Å². The van der Waals surface area contributed by atoms with Crippen molar-refractivity contribution in [2.45, 2.75) is 6.54 Å². The first-order valence-corrected chi connectivity index (χ1v) is 5.82. The van der Waals surface area contributed by atoms with Crippen LogP contribution in [0.4, 0.5) is 15.8 Å². The van der Waals surface area contributed by atoms with Crippen molar-refractivity contribution in [1.82, 2.24) is 9.55 Å². The maximum atomic E-state index is 13.2. The zero-order valence-corrected chi connectivity index (χ0v) is 10.8. The number of anilines is 2. The van der Waals surface area contributed by atoms with Crippen LogP contribution in [0.25, 0.3) is 0 Å². The maximum absolute atomic E-state index is 13.2. The second-order valence-corrected chi connectivity index (χ2v) is 4.52. The summed E-state index contributed by atoms with van der Waals surface area (Å²) in [5, 5.41) is 3.12. The fraction of sp³-hybridized carbons (Fsp3) is 0.182. The number of hydrogen-bond acceptors (Lipinski definition) is 3. The van der Waals surface area contributed by atoms with Crippen LogP contribution in [-0.2, 0) is 13.6 Å². The van der Waals surface area contributed by atoms with Gasteiger partial charge in [0.15, 0.2) is 0 Å². The summed E-state index contributed by atoms with van der Waals surface area (Å²) in [4.78, 5) is 4.17. The number of imidazole rings is 1. The normalized spacial score (nSPS) is 10.5. The first kappa shape index (κ1) is 11.9. The SMILES string of the molecule is Cn1ccnc1CNc1cc(Br)c(F)cc1N. The molecule has 0 saturated heterocycles. The molecule has 0 fully saturated rings. The molecule has 1 aromatic carbocycles. The molecule has 2 aromatic rings. The predicted octanol–water partition coefficient (Wildman–Crippen LogP) is 2.52. The summed E-state index contributed by atoms with van der Waals surface area (Å²) in [6, 6.07) is 2.90. The zero-order valence-electron chi connectivity index (χ0n) is 9.24. The Bertz CT molecular complexity index is 538. The Morgan fingerprint density at radius 3 is 2.94 bits per heavy atom. The summed E-state index contributed by atoms with van der Waals surface area (Å²) in [7, 11) is 1.91. The molecule has 0 aliphatic rings. The standard InChI is InChI=1S/C11H12BrFN4/c1-17-3-2-15-11(17)6-16-10-4-7(12)8(13)5-9(10)14/h2-5,16H,6,14H2,1H3. The number of aromatic nitrogens is 2. The van der Waals surface area contributed by atoms with Gasteiger partial charge in [-0.1, -0.05) is 0 Å². The molecule has 0 amide bonds. The number of rotatable bonds is 3. The van der Waals surface area contributed by atoms with Gasteiger partial charge >= 0.3 is 0 Å². The molecule has 90 valence electrons. The molecule has 0 bridgehead atoms. The topological polar surface area (TPSA) is 55.9 Å². The molecule has 3 N–H and O–H groups in total. The maximum Gasteiger partial charge on any atom is 0.139 e. The van der Waals surface area contributed by atoms with Crippen molar-refractivity contribution in [1.29, 1.82) is 0 Å². The van der Waals surface area contributed by atoms with Crippen molar-refractivity contribution in [3.63, 3.8) is 0 Å². The lowest BCUT2D eigenvalue weighted by Crippen LogP contribution is -2.07. The first-order chi connectivity index (χ1) is 8.08. The van der Waals surface area contributed by atoms with Crippen LogP contribution in [-0.4, -0.2) is 9.55 Å². The number of nitrogens with two attached hydrogens (primary N) is 1. The molecule has 17 heavy (non-hydrogen) atoms. The van der Waals surface area contributed by atoms with Gasteiger partial charge in [0, 0.05) is 25.5 Å². The van der Waals surface area contributed by atoms with Gasteiger partial charge in [-0.2, -0.15) is 0 Å². The zero-order chi connectivity index (χ0) is 12.4. The number of nitrogens with zero attached hydrogens (tertiary/aromatic N) is 2. The summed E-state index contributed by atoms with van der Waals surface area (Å²) < 4.78 is 15.5. The lowest BCUT2D eigenvalue weighted by molar-refractivity contribution is 0.622. The summed E-state index contributed by atoms with van der Waals surface area (Å²) in [5.74, 6) is 0.509. The van der Waals surface area contributed by atoms with Crippen molar-refractivity contribution in [2.75, 3.05) is 11.1 Å². The summed E-state index contributed by atoms with van der Waals surface area (Å²) >= 11 is 3.12. The van der Waals surface area contributed by atoms with E-state index in [0.29, 0.717) is 22.4 Å². The molecule has 0 aliphatic heterocycles. The van der Waals surface area contributed by atoms with Gasteiger partial charge in [-0.25, -0.2) is 9.37 Å². The highest BCUT2D eigenvalue weighted by Gasteiger charge is 2.06. The fourth-order valence-electron chi connectivity index (χ4n) is 1.46. The molecule has 0 radical (unpaired) electrons. The molecular weight excluding hydrogens is 287 g/mol. The van der Waals surface area contributed by atoms with E-state index >= 15 is 0 Å². The molecule has 0 atom stereocenters. The van der Waals surface area contributed by atoms with E-state index in [-0.39, 0.29) is 5.82 Å². The fourth-order valence-corrected chi connectivity index (χ4v) is 1.80. The van der Waals surface area contributed by atoms with E-state index in [9.17, 15) is 4.39 Å². The largest absolute Gasteiger partial charge is 0.397 e. The second-order valence-electron chi connectivity index (χ2n) is 3.66. The van der Waals surface area contributed by atoms with Crippen LogP contribution in [0.1, 0.15) is 5.82 Å². The number of nitrogens with one attached hydrogen (secondary N) is 1. The van der Waals surface area contributed by atoms with Crippen LogP contribution < -0.4 is 11.1 Å². The first-order valence-electron chi connectivity index (χ1n) is 5.02. The van der Waals surface area contributed by atoms with Crippen LogP contribution in [0, 0.1) is 5.82 Å². The van der Waals surface area contributed by atoms with E-state index in [2.05, 4.69) is 26.2 Å². The third-order valence-corrected chi connectivity index (χ3v) is 3.06. The highest BCUT2D eigenvalue weighted by atomic mass is 79.9. The molecule has 0 spiro atoms. The van der Waals surface area contributed by atoms with Crippen molar-refractivity contribution >= 4 is 27.3 Å². The van der Waals surface area contributed by atoms with Gasteiger partial charge in [0.05, 0.1) is 22.4 Å². The summed E-state index contributed by atoms with van der Waals surface area (Å²) in [5.41, 5.74) is 6.77. The number of halogens is 2. The number of aryl methyl sites for hydroxylation is 1. The minimum Gasteiger partial charge on any atom is -0.397 e. The van der Waals surface area contributed by atoms with Crippen LogP contribution in [0.5, 0.6) is 0 Å². The van der Waals surface area contributed by atoms with Gasteiger partial charge in [0.1, 0.15) is 11.6 Å². The monoisotopic (exact) mass is 298 g/mol. The highest BCUT2D eigenvalue weighted by molar-refractivity contribution is 9.10. The van der Waals surface area contributed by atoms with Crippen LogP contribution in [0.15, 0.2) is 29.0 Å². The average Bonchev–Trinajstić information content (AvgIpc) is 2.68. The van der Waals surface area contributed by atoms with Gasteiger partial charge in [0.2, 0.25) is 0 Å². The average molecular weight is 299 g/mol. The lowest BCUT2D eigenvalue weighted by Gasteiger charge is -2.10. The Morgan fingerprint density at radius 2 is 2.29 bits per heavy atom.